The Kier molecular flexibility index (Phi) is 5.67. The molecule has 2 aromatic heterocycles. The minimum Gasteiger partial charge on any atom is -0.352 e. The number of carbonyl (C=O) groups excluding carboxylic acids is 1. The average Bonchev–Trinajstić information content (AvgIpc) is 3.15. The number of nitrogens with zero attached hydrogens (tertiary/aromatic N) is 5. The molecular formula is C22H28N6O2. The van der Waals surface area contributed by atoms with E-state index in [0.29, 0.717) is 11.0 Å². The van der Waals surface area contributed by atoms with Gasteiger partial charge in [0, 0.05) is 19.1 Å². The highest BCUT2D eigenvalue weighted by Crippen LogP contribution is 2.17. The third kappa shape index (κ3) is 4.14. The zero-order chi connectivity index (χ0) is 21.3. The van der Waals surface area contributed by atoms with Crippen LogP contribution in [0.15, 0.2) is 35.5 Å². The quantitative estimate of drug-likeness (QED) is 0.696. The third-order valence-electron chi connectivity index (χ3n) is 5.72. The summed E-state index contributed by atoms with van der Waals surface area (Å²) in [6, 6.07) is 6.26. The van der Waals surface area contributed by atoms with Gasteiger partial charge in [0.2, 0.25) is 5.91 Å². The van der Waals surface area contributed by atoms with Gasteiger partial charge in [-0.2, -0.15) is 5.10 Å². The number of hydrogen-bond acceptors (Lipinski definition) is 5. The Hall–Kier alpha value is -3.00. The van der Waals surface area contributed by atoms with Gasteiger partial charge in [-0.25, -0.2) is 9.67 Å². The van der Waals surface area contributed by atoms with Gasteiger partial charge in [-0.15, -0.1) is 0 Å². The van der Waals surface area contributed by atoms with Crippen molar-refractivity contribution >= 4 is 16.9 Å². The van der Waals surface area contributed by atoms with Crippen LogP contribution in [-0.4, -0.2) is 55.8 Å². The van der Waals surface area contributed by atoms with E-state index in [1.165, 1.54) is 17.1 Å². The molecule has 0 bridgehead atoms. The number of rotatable bonds is 5. The van der Waals surface area contributed by atoms with Gasteiger partial charge >= 0.3 is 0 Å². The second kappa shape index (κ2) is 8.39. The molecule has 0 radical (unpaired) electrons. The first kappa shape index (κ1) is 20.3. The van der Waals surface area contributed by atoms with Crippen molar-refractivity contribution in [2.45, 2.75) is 46.2 Å². The molecule has 8 heteroatoms. The molecule has 30 heavy (non-hydrogen) atoms. The van der Waals surface area contributed by atoms with Crippen LogP contribution in [0.2, 0.25) is 0 Å². The lowest BCUT2D eigenvalue weighted by molar-refractivity contribution is -0.122. The Labute approximate surface area is 175 Å². The maximum atomic E-state index is 12.9. The van der Waals surface area contributed by atoms with Crippen LogP contribution in [0.3, 0.4) is 0 Å². The summed E-state index contributed by atoms with van der Waals surface area (Å²) in [5, 5.41) is 7.83. The fourth-order valence-corrected chi connectivity index (χ4v) is 4.14. The van der Waals surface area contributed by atoms with Crippen molar-refractivity contribution in [3.05, 3.63) is 52.2 Å². The summed E-state index contributed by atoms with van der Waals surface area (Å²) in [5.74, 6) is -0.158. The smallest absolute Gasteiger partial charge is 0.264 e. The molecule has 0 unspecified atom stereocenters. The highest BCUT2D eigenvalue weighted by molar-refractivity contribution is 5.78. The van der Waals surface area contributed by atoms with Crippen LogP contribution in [0.5, 0.6) is 0 Å². The summed E-state index contributed by atoms with van der Waals surface area (Å²) < 4.78 is 3.02. The van der Waals surface area contributed by atoms with Crippen LogP contribution in [0.25, 0.3) is 16.7 Å². The first-order valence-electron chi connectivity index (χ1n) is 10.5. The maximum Gasteiger partial charge on any atom is 0.264 e. The monoisotopic (exact) mass is 408 g/mol. The molecule has 1 N–H and O–H groups in total. The number of amides is 1. The molecule has 8 nitrogen and oxygen atoms in total. The molecule has 1 aliphatic rings. The Balaban J connectivity index is 1.52. The van der Waals surface area contributed by atoms with E-state index in [1.54, 1.807) is 4.68 Å². The third-order valence-corrected chi connectivity index (χ3v) is 5.72. The fourth-order valence-electron chi connectivity index (χ4n) is 4.14. The number of likely N-dealkylation sites (tertiary alicyclic amines) is 1. The summed E-state index contributed by atoms with van der Waals surface area (Å²) in [4.78, 5) is 32.2. The van der Waals surface area contributed by atoms with Gasteiger partial charge in [0.15, 0.2) is 5.65 Å². The molecule has 0 aliphatic carbocycles. The molecule has 3 heterocycles. The molecule has 1 aliphatic heterocycles. The zero-order valence-electron chi connectivity index (χ0n) is 17.8. The van der Waals surface area contributed by atoms with Crippen molar-refractivity contribution in [3.8, 4) is 5.69 Å². The first-order chi connectivity index (χ1) is 14.4. The van der Waals surface area contributed by atoms with E-state index in [1.807, 2.05) is 26.0 Å². The topological polar surface area (TPSA) is 85.1 Å². The number of carbonyl (C=O) groups is 1. The van der Waals surface area contributed by atoms with Crippen molar-refractivity contribution in [3.63, 3.8) is 0 Å². The van der Waals surface area contributed by atoms with Crippen LogP contribution in [0.1, 0.15) is 30.9 Å². The Morgan fingerprint density at radius 2 is 1.87 bits per heavy atom. The van der Waals surface area contributed by atoms with E-state index in [2.05, 4.69) is 33.3 Å². The van der Waals surface area contributed by atoms with E-state index in [-0.39, 0.29) is 24.1 Å². The lowest BCUT2D eigenvalue weighted by Gasteiger charge is -2.31. The highest BCUT2D eigenvalue weighted by atomic mass is 16.2. The predicted molar refractivity (Wildman–Crippen MR) is 116 cm³/mol. The number of fused-ring (bicyclic) bond motifs is 1. The summed E-state index contributed by atoms with van der Waals surface area (Å²) >= 11 is 0. The van der Waals surface area contributed by atoms with Crippen LogP contribution >= 0.6 is 0 Å². The molecule has 0 saturated carbocycles. The van der Waals surface area contributed by atoms with Gasteiger partial charge in [-0.1, -0.05) is 13.0 Å². The largest absolute Gasteiger partial charge is 0.352 e. The molecular weight excluding hydrogens is 380 g/mol. The molecule has 3 aromatic rings. The molecule has 1 amide bonds. The van der Waals surface area contributed by atoms with Crippen LogP contribution < -0.4 is 10.9 Å². The molecule has 158 valence electrons. The normalized spacial score (nSPS) is 15.6. The average molecular weight is 409 g/mol. The van der Waals surface area contributed by atoms with Crippen molar-refractivity contribution in [2.75, 3.05) is 19.6 Å². The second-order valence-electron chi connectivity index (χ2n) is 8.09. The molecule has 0 spiro atoms. The van der Waals surface area contributed by atoms with Gasteiger partial charge < -0.3 is 10.2 Å². The van der Waals surface area contributed by atoms with Gasteiger partial charge in [0.05, 0.1) is 11.9 Å². The Morgan fingerprint density at radius 1 is 1.17 bits per heavy atom. The van der Waals surface area contributed by atoms with E-state index >= 15 is 0 Å². The lowest BCUT2D eigenvalue weighted by Crippen LogP contribution is -2.45. The van der Waals surface area contributed by atoms with Gasteiger partial charge in [-0.3, -0.25) is 14.2 Å². The van der Waals surface area contributed by atoms with Crippen LogP contribution in [0, 0.1) is 13.8 Å². The van der Waals surface area contributed by atoms with Crippen molar-refractivity contribution in [1.82, 2.24) is 29.5 Å². The van der Waals surface area contributed by atoms with E-state index in [9.17, 15) is 9.59 Å². The second-order valence-corrected chi connectivity index (χ2v) is 8.09. The van der Waals surface area contributed by atoms with E-state index in [0.717, 1.165) is 49.3 Å². The highest BCUT2D eigenvalue weighted by Gasteiger charge is 2.20. The standard InChI is InChI=1S/C22H28N6O2/c1-4-26-7-5-17(6-8-26)25-20(29)13-27-14-23-21-19(22(27)30)12-24-28(21)18-10-15(2)9-16(3)11-18/h9-12,14,17H,4-8,13H2,1-3H3,(H,25,29). The van der Waals surface area contributed by atoms with Crippen LogP contribution in [0.4, 0.5) is 0 Å². The van der Waals surface area contributed by atoms with Crippen molar-refractivity contribution < 1.29 is 4.79 Å². The van der Waals surface area contributed by atoms with Gasteiger partial charge in [-0.05, 0) is 56.5 Å². The first-order valence-corrected chi connectivity index (χ1v) is 10.5. The summed E-state index contributed by atoms with van der Waals surface area (Å²) in [5.41, 5.74) is 3.33. The van der Waals surface area contributed by atoms with E-state index < -0.39 is 0 Å². The SMILES string of the molecule is CCN1CCC(NC(=O)Cn2cnc3c(cnn3-c3cc(C)cc(C)c3)c2=O)CC1. The molecule has 1 aromatic carbocycles. The number of nitrogens with one attached hydrogen (secondary N) is 1. The number of hydrogen-bond donors (Lipinski definition) is 1. The number of aromatic nitrogens is 4. The van der Waals surface area contributed by atoms with Crippen molar-refractivity contribution in [1.29, 1.82) is 0 Å². The number of aryl methyl sites for hydroxylation is 2. The number of piperidine rings is 1. The Bertz CT molecular complexity index is 1100. The lowest BCUT2D eigenvalue weighted by atomic mass is 10.1. The minimum absolute atomic E-state index is 0.0372. The summed E-state index contributed by atoms with van der Waals surface area (Å²) in [7, 11) is 0. The Morgan fingerprint density at radius 3 is 2.53 bits per heavy atom. The summed E-state index contributed by atoms with van der Waals surface area (Å²) in [6.07, 6.45) is 4.84. The number of benzene rings is 1. The minimum atomic E-state index is -0.258. The maximum absolute atomic E-state index is 12.9. The fraction of sp³-hybridized carbons (Fsp3) is 0.455. The van der Waals surface area contributed by atoms with Gasteiger partial charge in [0.1, 0.15) is 18.3 Å². The molecule has 1 fully saturated rings. The van der Waals surface area contributed by atoms with Gasteiger partial charge in [0.25, 0.3) is 5.56 Å². The van der Waals surface area contributed by atoms with E-state index in [4.69, 9.17) is 0 Å². The van der Waals surface area contributed by atoms with Crippen LogP contribution in [-0.2, 0) is 11.3 Å². The van der Waals surface area contributed by atoms with Crippen molar-refractivity contribution in [2.24, 2.45) is 0 Å². The predicted octanol–water partition coefficient (Wildman–Crippen LogP) is 1.80. The molecule has 1 saturated heterocycles. The molecule has 0 atom stereocenters. The molecule has 4 rings (SSSR count). The summed E-state index contributed by atoms with van der Waals surface area (Å²) in [6.45, 7) is 9.18. The zero-order valence-corrected chi connectivity index (χ0v) is 17.8.